The smallest absolute Gasteiger partial charge is 0.331 e. The summed E-state index contributed by atoms with van der Waals surface area (Å²) in [4.78, 5) is 12.9. The number of benzene rings is 1. The number of rotatable bonds is 5. The lowest BCUT2D eigenvalue weighted by Crippen LogP contribution is -2.54. The predicted octanol–water partition coefficient (Wildman–Crippen LogP) is 1.75. The quantitative estimate of drug-likeness (QED) is 0.853. The van der Waals surface area contributed by atoms with Crippen molar-refractivity contribution in [2.24, 2.45) is 0 Å². The molecule has 0 radical (unpaired) electrons. The molecule has 5 heteroatoms. The number of hydrogen-bond acceptors (Lipinski definition) is 3. The summed E-state index contributed by atoms with van der Waals surface area (Å²) in [5.41, 5.74) is -0.569. The molecule has 0 heterocycles. The Bertz CT molecular complexity index is 393. The van der Waals surface area contributed by atoms with Gasteiger partial charge < -0.3 is 14.7 Å². The molecule has 0 spiro atoms. The minimum atomic E-state index is -1.19. The van der Waals surface area contributed by atoms with Crippen LogP contribution in [-0.2, 0) is 9.53 Å². The van der Waals surface area contributed by atoms with Crippen molar-refractivity contribution in [1.82, 2.24) is 0 Å². The lowest BCUT2D eigenvalue weighted by Gasteiger charge is -2.36. The molecule has 0 bridgehead atoms. The average molecular weight is 241 g/mol. The molecule has 17 heavy (non-hydrogen) atoms. The summed E-state index contributed by atoms with van der Waals surface area (Å²) in [7, 11) is 3.08. The third-order valence-corrected chi connectivity index (χ3v) is 2.84. The second-order valence-corrected chi connectivity index (χ2v) is 4.05. The van der Waals surface area contributed by atoms with Gasteiger partial charge in [-0.15, -0.1) is 0 Å². The molecule has 1 N–H and O–H groups in total. The SMILES string of the molecule is COCC(C)(C(=O)O)N(C)c1ccc(F)cc1. The van der Waals surface area contributed by atoms with Gasteiger partial charge in [-0.05, 0) is 31.2 Å². The number of nitrogens with zero attached hydrogens (tertiary/aromatic N) is 1. The first-order valence-corrected chi connectivity index (χ1v) is 5.13. The van der Waals surface area contributed by atoms with Crippen molar-refractivity contribution in [2.45, 2.75) is 12.5 Å². The Morgan fingerprint density at radius 1 is 1.47 bits per heavy atom. The predicted molar refractivity (Wildman–Crippen MR) is 62.7 cm³/mol. The molecule has 1 rings (SSSR count). The monoisotopic (exact) mass is 241 g/mol. The molecular weight excluding hydrogens is 225 g/mol. The van der Waals surface area contributed by atoms with Gasteiger partial charge in [-0.25, -0.2) is 9.18 Å². The molecule has 0 aliphatic rings. The first-order chi connectivity index (χ1) is 7.91. The first-order valence-electron chi connectivity index (χ1n) is 5.13. The van der Waals surface area contributed by atoms with E-state index in [0.717, 1.165) is 0 Å². The van der Waals surface area contributed by atoms with E-state index in [9.17, 15) is 14.3 Å². The van der Waals surface area contributed by atoms with E-state index >= 15 is 0 Å². The van der Waals surface area contributed by atoms with E-state index in [1.165, 1.54) is 31.4 Å². The van der Waals surface area contributed by atoms with Crippen LogP contribution in [-0.4, -0.2) is 37.4 Å². The van der Waals surface area contributed by atoms with Crippen LogP contribution >= 0.6 is 0 Å². The van der Waals surface area contributed by atoms with Gasteiger partial charge in [0.1, 0.15) is 5.82 Å². The number of carboxylic acids is 1. The number of aliphatic carboxylic acids is 1. The van der Waals surface area contributed by atoms with Crippen molar-refractivity contribution in [3.05, 3.63) is 30.1 Å². The molecule has 1 unspecified atom stereocenters. The Balaban J connectivity index is 3.03. The normalized spacial score (nSPS) is 14.1. The maximum atomic E-state index is 12.8. The van der Waals surface area contributed by atoms with Gasteiger partial charge in [-0.2, -0.15) is 0 Å². The molecule has 1 atom stereocenters. The van der Waals surface area contributed by atoms with Crippen LogP contribution in [0.15, 0.2) is 24.3 Å². The van der Waals surface area contributed by atoms with Gasteiger partial charge >= 0.3 is 5.97 Å². The standard InChI is InChI=1S/C12H16FNO3/c1-12(8-17-3,11(15)16)14(2)10-6-4-9(13)5-7-10/h4-7H,8H2,1-3H3,(H,15,16). The molecule has 0 saturated heterocycles. The molecule has 0 amide bonds. The maximum Gasteiger partial charge on any atom is 0.331 e. The van der Waals surface area contributed by atoms with Crippen LogP contribution < -0.4 is 4.90 Å². The second-order valence-electron chi connectivity index (χ2n) is 4.05. The van der Waals surface area contributed by atoms with E-state index in [0.29, 0.717) is 5.69 Å². The lowest BCUT2D eigenvalue weighted by molar-refractivity contribution is -0.144. The number of carboxylic acid groups (broad SMARTS) is 1. The Kier molecular flexibility index (Phi) is 4.07. The number of methoxy groups -OCH3 is 1. The zero-order chi connectivity index (χ0) is 13.1. The Hall–Kier alpha value is -1.62. The first kappa shape index (κ1) is 13.4. The molecule has 0 aromatic heterocycles. The zero-order valence-corrected chi connectivity index (χ0v) is 10.1. The minimum absolute atomic E-state index is 0.0379. The zero-order valence-electron chi connectivity index (χ0n) is 10.1. The molecular formula is C12H16FNO3. The van der Waals surface area contributed by atoms with Gasteiger partial charge in [-0.3, -0.25) is 0 Å². The van der Waals surface area contributed by atoms with Crippen LogP contribution in [0.4, 0.5) is 10.1 Å². The van der Waals surface area contributed by atoms with Crippen LogP contribution in [0.3, 0.4) is 0 Å². The van der Waals surface area contributed by atoms with Crippen LogP contribution in [0.2, 0.25) is 0 Å². The van der Waals surface area contributed by atoms with E-state index in [2.05, 4.69) is 0 Å². The van der Waals surface area contributed by atoms with Crippen molar-refractivity contribution >= 4 is 11.7 Å². The third-order valence-electron chi connectivity index (χ3n) is 2.84. The highest BCUT2D eigenvalue weighted by atomic mass is 19.1. The number of anilines is 1. The van der Waals surface area contributed by atoms with E-state index in [1.807, 2.05) is 0 Å². The lowest BCUT2D eigenvalue weighted by atomic mass is 10.0. The van der Waals surface area contributed by atoms with Gasteiger partial charge in [0.15, 0.2) is 5.54 Å². The van der Waals surface area contributed by atoms with Crippen LogP contribution in [0.1, 0.15) is 6.92 Å². The van der Waals surface area contributed by atoms with Crippen molar-refractivity contribution in [2.75, 3.05) is 25.7 Å². The molecule has 1 aromatic carbocycles. The van der Waals surface area contributed by atoms with Gasteiger partial charge in [0.25, 0.3) is 0 Å². The fourth-order valence-corrected chi connectivity index (χ4v) is 1.53. The summed E-state index contributed by atoms with van der Waals surface area (Å²) >= 11 is 0. The van der Waals surface area contributed by atoms with E-state index in [-0.39, 0.29) is 12.4 Å². The second kappa shape index (κ2) is 5.14. The molecule has 0 aliphatic carbocycles. The molecule has 0 saturated carbocycles. The van der Waals surface area contributed by atoms with Crippen LogP contribution in [0, 0.1) is 5.82 Å². The Morgan fingerprint density at radius 2 is 2.00 bits per heavy atom. The van der Waals surface area contributed by atoms with Crippen LogP contribution in [0.25, 0.3) is 0 Å². The molecule has 4 nitrogen and oxygen atoms in total. The highest BCUT2D eigenvalue weighted by Crippen LogP contribution is 2.23. The summed E-state index contributed by atoms with van der Waals surface area (Å²) in [6, 6.07) is 5.65. The third kappa shape index (κ3) is 2.74. The molecule has 94 valence electrons. The van der Waals surface area contributed by atoms with E-state index in [1.54, 1.807) is 18.9 Å². The van der Waals surface area contributed by atoms with Crippen molar-refractivity contribution in [3.8, 4) is 0 Å². The van der Waals surface area contributed by atoms with E-state index < -0.39 is 11.5 Å². The highest BCUT2D eigenvalue weighted by molar-refractivity contribution is 5.83. The maximum absolute atomic E-state index is 12.8. The summed E-state index contributed by atoms with van der Waals surface area (Å²) in [6.07, 6.45) is 0. The number of halogens is 1. The van der Waals surface area contributed by atoms with Gasteiger partial charge in [0.05, 0.1) is 6.61 Å². The van der Waals surface area contributed by atoms with Crippen molar-refractivity contribution in [3.63, 3.8) is 0 Å². The number of ether oxygens (including phenoxy) is 1. The highest BCUT2D eigenvalue weighted by Gasteiger charge is 2.38. The van der Waals surface area contributed by atoms with E-state index in [4.69, 9.17) is 4.74 Å². The fraction of sp³-hybridized carbons (Fsp3) is 0.417. The molecule has 0 aliphatic heterocycles. The average Bonchev–Trinajstić information content (AvgIpc) is 2.29. The summed E-state index contributed by atoms with van der Waals surface area (Å²) in [6.45, 7) is 1.60. The summed E-state index contributed by atoms with van der Waals surface area (Å²) in [5.74, 6) is -1.35. The van der Waals surface area contributed by atoms with Gasteiger partial charge in [-0.1, -0.05) is 0 Å². The van der Waals surface area contributed by atoms with Crippen molar-refractivity contribution < 1.29 is 19.0 Å². The number of hydrogen-bond donors (Lipinski definition) is 1. The topological polar surface area (TPSA) is 49.8 Å². The fourth-order valence-electron chi connectivity index (χ4n) is 1.53. The number of likely N-dealkylation sites (N-methyl/N-ethyl adjacent to an activating group) is 1. The summed E-state index contributed by atoms with van der Waals surface area (Å²) in [5, 5.41) is 9.25. The Labute approximate surface area is 99.6 Å². The van der Waals surface area contributed by atoms with Crippen LogP contribution in [0.5, 0.6) is 0 Å². The molecule has 0 fully saturated rings. The number of carbonyl (C=O) groups is 1. The molecule has 1 aromatic rings. The largest absolute Gasteiger partial charge is 0.479 e. The van der Waals surface area contributed by atoms with Gasteiger partial charge in [0.2, 0.25) is 0 Å². The van der Waals surface area contributed by atoms with Gasteiger partial charge in [0, 0.05) is 19.8 Å². The summed E-state index contributed by atoms with van der Waals surface area (Å²) < 4.78 is 17.7. The Morgan fingerprint density at radius 3 is 2.41 bits per heavy atom. The van der Waals surface area contributed by atoms with Crippen molar-refractivity contribution in [1.29, 1.82) is 0 Å². The minimum Gasteiger partial charge on any atom is -0.479 e.